The number of aromatic nitrogens is 2. The van der Waals surface area contributed by atoms with E-state index in [9.17, 15) is 9.59 Å². The third-order valence-corrected chi connectivity index (χ3v) is 3.76. The molecule has 0 spiro atoms. The normalized spacial score (nSPS) is 10.1. The minimum Gasteiger partial charge on any atom is -0.465 e. The lowest BCUT2D eigenvalue weighted by Crippen LogP contribution is -2.23. The van der Waals surface area contributed by atoms with Crippen LogP contribution in [0.25, 0.3) is 0 Å². The smallest absolute Gasteiger partial charge is 0.337 e. The Morgan fingerprint density at radius 3 is 2.56 bits per heavy atom. The number of nitrogens with zero attached hydrogens (tertiary/aromatic N) is 2. The maximum atomic E-state index is 12.3. The Morgan fingerprint density at radius 2 is 1.85 bits per heavy atom. The summed E-state index contributed by atoms with van der Waals surface area (Å²) in [6.45, 7) is 0.376. The molecule has 0 saturated heterocycles. The van der Waals surface area contributed by atoms with Crippen molar-refractivity contribution in [3.63, 3.8) is 0 Å². The van der Waals surface area contributed by atoms with Gasteiger partial charge in [-0.15, -0.1) is 0 Å². The zero-order chi connectivity index (χ0) is 19.1. The fraction of sp³-hybridized carbons (Fsp3) is 0.100. The number of rotatable bonds is 6. The number of benzene rings is 1. The van der Waals surface area contributed by atoms with Gasteiger partial charge in [0.15, 0.2) is 0 Å². The Morgan fingerprint density at radius 1 is 1.04 bits per heavy atom. The van der Waals surface area contributed by atoms with Crippen LogP contribution in [-0.2, 0) is 11.3 Å². The van der Waals surface area contributed by atoms with Crippen molar-refractivity contribution in [2.75, 3.05) is 12.4 Å². The van der Waals surface area contributed by atoms with Crippen molar-refractivity contribution in [2.24, 2.45) is 0 Å². The maximum absolute atomic E-state index is 12.3. The van der Waals surface area contributed by atoms with Crippen LogP contribution in [0.2, 0.25) is 0 Å². The first-order chi connectivity index (χ1) is 13.2. The monoisotopic (exact) mass is 362 g/mol. The highest BCUT2D eigenvalue weighted by molar-refractivity contribution is 5.93. The topological polar surface area (TPSA) is 93.2 Å². The number of hydrogen-bond donors (Lipinski definition) is 2. The first-order valence-electron chi connectivity index (χ1n) is 8.24. The van der Waals surface area contributed by atoms with Gasteiger partial charge in [0.05, 0.1) is 12.7 Å². The van der Waals surface area contributed by atoms with Crippen LogP contribution in [0.1, 0.15) is 26.4 Å². The number of carbonyl (C=O) groups excluding carboxylic acids is 2. The number of pyridine rings is 2. The lowest BCUT2D eigenvalue weighted by Gasteiger charge is -2.09. The van der Waals surface area contributed by atoms with Crippen molar-refractivity contribution < 1.29 is 14.3 Å². The Labute approximate surface area is 156 Å². The van der Waals surface area contributed by atoms with Crippen LogP contribution in [0.5, 0.6) is 0 Å². The SMILES string of the molecule is COC(=O)c1ccc(Nc2ccnc(C(=O)NCc3cccnc3)c2)cc1. The summed E-state index contributed by atoms with van der Waals surface area (Å²) in [5.74, 6) is -0.665. The number of hydrogen-bond acceptors (Lipinski definition) is 6. The van der Waals surface area contributed by atoms with E-state index in [-0.39, 0.29) is 5.91 Å². The van der Waals surface area contributed by atoms with E-state index in [0.29, 0.717) is 23.5 Å². The Kier molecular flexibility index (Phi) is 5.73. The quantitative estimate of drug-likeness (QED) is 0.655. The maximum Gasteiger partial charge on any atom is 0.337 e. The molecule has 0 aliphatic rings. The molecule has 1 aromatic carbocycles. The van der Waals surface area contributed by atoms with Crippen LogP contribution in [0.4, 0.5) is 11.4 Å². The molecule has 0 bridgehead atoms. The lowest BCUT2D eigenvalue weighted by molar-refractivity contribution is 0.0600. The molecular weight excluding hydrogens is 344 g/mol. The van der Waals surface area contributed by atoms with Gasteiger partial charge in [-0.2, -0.15) is 0 Å². The number of amides is 1. The molecule has 136 valence electrons. The molecule has 3 rings (SSSR count). The molecule has 7 heteroatoms. The molecule has 0 aliphatic carbocycles. The second kappa shape index (κ2) is 8.57. The van der Waals surface area contributed by atoms with E-state index in [4.69, 9.17) is 0 Å². The van der Waals surface area contributed by atoms with E-state index in [1.54, 1.807) is 55.0 Å². The van der Waals surface area contributed by atoms with Crippen molar-refractivity contribution in [1.29, 1.82) is 0 Å². The summed E-state index contributed by atoms with van der Waals surface area (Å²) < 4.78 is 4.68. The molecule has 2 aromatic heterocycles. The van der Waals surface area contributed by atoms with Crippen molar-refractivity contribution in [2.45, 2.75) is 6.54 Å². The van der Waals surface area contributed by atoms with Crippen molar-refractivity contribution in [3.05, 3.63) is 83.9 Å². The van der Waals surface area contributed by atoms with Crippen LogP contribution < -0.4 is 10.6 Å². The van der Waals surface area contributed by atoms with Gasteiger partial charge in [0.25, 0.3) is 5.91 Å². The highest BCUT2D eigenvalue weighted by Crippen LogP contribution is 2.18. The zero-order valence-electron chi connectivity index (χ0n) is 14.7. The van der Waals surface area contributed by atoms with Gasteiger partial charge in [-0.05, 0) is 48.0 Å². The van der Waals surface area contributed by atoms with E-state index < -0.39 is 5.97 Å². The average Bonchev–Trinajstić information content (AvgIpc) is 2.73. The number of esters is 1. The first-order valence-corrected chi connectivity index (χ1v) is 8.24. The zero-order valence-corrected chi connectivity index (χ0v) is 14.7. The van der Waals surface area contributed by atoms with Gasteiger partial charge in [-0.3, -0.25) is 14.8 Å². The summed E-state index contributed by atoms with van der Waals surface area (Å²) in [4.78, 5) is 31.9. The van der Waals surface area contributed by atoms with Gasteiger partial charge in [0.1, 0.15) is 5.69 Å². The van der Waals surface area contributed by atoms with E-state index in [0.717, 1.165) is 11.3 Å². The van der Waals surface area contributed by atoms with E-state index in [2.05, 4.69) is 25.3 Å². The largest absolute Gasteiger partial charge is 0.465 e. The fourth-order valence-corrected chi connectivity index (χ4v) is 2.38. The minimum atomic E-state index is -0.391. The summed E-state index contributed by atoms with van der Waals surface area (Å²) in [7, 11) is 1.34. The molecule has 2 N–H and O–H groups in total. The van der Waals surface area contributed by atoms with E-state index in [1.807, 2.05) is 12.1 Å². The highest BCUT2D eigenvalue weighted by atomic mass is 16.5. The van der Waals surface area contributed by atoms with Crippen LogP contribution in [0.3, 0.4) is 0 Å². The van der Waals surface area contributed by atoms with E-state index >= 15 is 0 Å². The fourth-order valence-electron chi connectivity index (χ4n) is 2.38. The van der Waals surface area contributed by atoms with Crippen molar-refractivity contribution in [1.82, 2.24) is 15.3 Å². The molecule has 27 heavy (non-hydrogen) atoms. The molecule has 1 amide bonds. The van der Waals surface area contributed by atoms with Gasteiger partial charge < -0.3 is 15.4 Å². The standard InChI is InChI=1S/C20H18N4O3/c1-27-20(26)15-4-6-16(7-5-15)24-17-8-10-22-18(11-17)19(25)23-13-14-3-2-9-21-12-14/h2-12H,13H2,1H3,(H,22,24)(H,23,25). The Hall–Kier alpha value is -3.74. The predicted octanol–water partition coefficient (Wildman–Crippen LogP) is 2.94. The first kappa shape index (κ1) is 18.1. The van der Waals surface area contributed by atoms with Crippen LogP contribution in [0, 0.1) is 0 Å². The van der Waals surface area contributed by atoms with Crippen molar-refractivity contribution in [3.8, 4) is 0 Å². The molecule has 0 saturated carbocycles. The number of methoxy groups -OCH3 is 1. The summed E-state index contributed by atoms with van der Waals surface area (Å²) in [6.07, 6.45) is 4.94. The lowest BCUT2D eigenvalue weighted by atomic mass is 10.2. The summed E-state index contributed by atoms with van der Waals surface area (Å²) >= 11 is 0. The number of ether oxygens (including phenoxy) is 1. The third-order valence-electron chi connectivity index (χ3n) is 3.76. The Bertz CT molecular complexity index is 927. The number of anilines is 2. The molecule has 0 fully saturated rings. The van der Waals surface area contributed by atoms with Crippen LogP contribution in [-0.4, -0.2) is 29.0 Å². The average molecular weight is 362 g/mol. The van der Waals surface area contributed by atoms with Crippen LogP contribution in [0.15, 0.2) is 67.1 Å². The predicted molar refractivity (Wildman–Crippen MR) is 101 cm³/mol. The second-order valence-corrected chi connectivity index (χ2v) is 5.67. The molecule has 0 unspecified atom stereocenters. The molecule has 7 nitrogen and oxygen atoms in total. The molecule has 3 aromatic rings. The molecule has 0 radical (unpaired) electrons. The molecular formula is C20H18N4O3. The minimum absolute atomic E-state index is 0.274. The van der Waals surface area contributed by atoms with E-state index in [1.165, 1.54) is 7.11 Å². The number of nitrogens with one attached hydrogen (secondary N) is 2. The van der Waals surface area contributed by atoms with Gasteiger partial charge >= 0.3 is 5.97 Å². The van der Waals surface area contributed by atoms with Gasteiger partial charge in [-0.1, -0.05) is 6.07 Å². The highest BCUT2D eigenvalue weighted by Gasteiger charge is 2.09. The Balaban J connectivity index is 1.64. The number of carbonyl (C=O) groups is 2. The molecule has 0 aliphatic heterocycles. The third kappa shape index (κ3) is 4.88. The summed E-state index contributed by atoms with van der Waals surface area (Å²) in [5.41, 5.74) is 3.16. The molecule has 2 heterocycles. The van der Waals surface area contributed by atoms with Gasteiger partial charge in [0.2, 0.25) is 0 Å². The summed E-state index contributed by atoms with van der Waals surface area (Å²) in [6, 6.07) is 14.0. The van der Waals surface area contributed by atoms with Gasteiger partial charge in [0, 0.05) is 36.5 Å². The second-order valence-electron chi connectivity index (χ2n) is 5.67. The molecule has 0 atom stereocenters. The van der Waals surface area contributed by atoms with Crippen LogP contribution >= 0.6 is 0 Å². The van der Waals surface area contributed by atoms with Crippen molar-refractivity contribution >= 4 is 23.3 Å². The van der Waals surface area contributed by atoms with Gasteiger partial charge in [-0.25, -0.2) is 4.79 Å². The summed E-state index contributed by atoms with van der Waals surface area (Å²) in [5, 5.41) is 5.99.